The largest absolute Gasteiger partial charge is 0.373 e. The van der Waals surface area contributed by atoms with Crippen molar-refractivity contribution in [1.29, 1.82) is 0 Å². The summed E-state index contributed by atoms with van der Waals surface area (Å²) >= 11 is 0. The molecule has 5 nitrogen and oxygen atoms in total. The van der Waals surface area contributed by atoms with Crippen molar-refractivity contribution in [3.63, 3.8) is 0 Å². The lowest BCUT2D eigenvalue weighted by atomic mass is 10.1. The summed E-state index contributed by atoms with van der Waals surface area (Å²) in [5, 5.41) is 0. The van der Waals surface area contributed by atoms with Crippen LogP contribution in [0.15, 0.2) is 48.5 Å². The Morgan fingerprint density at radius 2 is 1.93 bits per heavy atom. The molecule has 3 rings (SSSR count). The monoisotopic (exact) mass is 416 g/mol. The molecule has 2 amide bonds. The van der Waals surface area contributed by atoms with Crippen LogP contribution in [0.1, 0.15) is 34.6 Å². The van der Waals surface area contributed by atoms with Crippen LogP contribution >= 0.6 is 0 Å². The normalized spacial score (nSPS) is 16.6. The number of hydrogen-bond acceptors (Lipinski definition) is 3. The highest BCUT2D eigenvalue weighted by Gasteiger charge is 2.29. The third-order valence-corrected chi connectivity index (χ3v) is 4.90. The number of ether oxygens (including phenoxy) is 1. The summed E-state index contributed by atoms with van der Waals surface area (Å²) in [7, 11) is 0. The minimum atomic E-state index is -0.566. The van der Waals surface area contributed by atoms with Gasteiger partial charge in [0.1, 0.15) is 11.6 Å². The minimum absolute atomic E-state index is 0.0154. The van der Waals surface area contributed by atoms with Crippen LogP contribution in [0.2, 0.25) is 0 Å². The molecule has 2 aromatic carbocycles. The van der Waals surface area contributed by atoms with E-state index in [0.717, 1.165) is 0 Å². The molecule has 0 aromatic heterocycles. The molecule has 1 aliphatic heterocycles. The molecule has 2 aromatic rings. The maximum Gasteiger partial charge on any atom is 0.256 e. The van der Waals surface area contributed by atoms with Gasteiger partial charge in [-0.25, -0.2) is 8.78 Å². The topological polar surface area (TPSA) is 49.9 Å². The number of rotatable bonds is 6. The van der Waals surface area contributed by atoms with Gasteiger partial charge in [-0.15, -0.1) is 0 Å². The second kappa shape index (κ2) is 9.80. The average molecular weight is 416 g/mol. The zero-order valence-electron chi connectivity index (χ0n) is 17.2. The van der Waals surface area contributed by atoms with E-state index in [1.807, 2.05) is 13.8 Å². The fraction of sp³-hybridized carbons (Fsp3) is 0.391. The van der Waals surface area contributed by atoms with E-state index in [1.165, 1.54) is 30.3 Å². The van der Waals surface area contributed by atoms with E-state index in [4.69, 9.17) is 4.74 Å². The molecule has 0 saturated carbocycles. The van der Waals surface area contributed by atoms with Crippen LogP contribution in [0, 0.1) is 17.6 Å². The molecule has 0 N–H and O–H groups in total. The van der Waals surface area contributed by atoms with Crippen molar-refractivity contribution in [3.05, 3.63) is 71.3 Å². The molecule has 1 fully saturated rings. The molecule has 160 valence electrons. The number of morpholine rings is 1. The smallest absolute Gasteiger partial charge is 0.256 e. The Labute approximate surface area is 175 Å². The molecular weight excluding hydrogens is 390 g/mol. The van der Waals surface area contributed by atoms with E-state index in [1.54, 1.807) is 28.0 Å². The van der Waals surface area contributed by atoms with Crippen molar-refractivity contribution in [2.24, 2.45) is 5.92 Å². The SMILES string of the molecule is CC(C)CN(C[C@H]1CN(C(=O)c2cccc(F)c2)CCO1)C(=O)c1ccccc1F. The standard InChI is InChI=1S/C23H26F2N2O3/c1-16(2)13-27(23(29)20-8-3-4-9-21(20)25)15-19-14-26(10-11-30-19)22(28)17-6-5-7-18(24)12-17/h3-9,12,16,19H,10-11,13-15H2,1-2H3/t19-/m1/s1. The van der Waals surface area contributed by atoms with Crippen LogP contribution in [-0.2, 0) is 4.74 Å². The number of carbonyl (C=O) groups excluding carboxylic acids is 2. The molecule has 1 heterocycles. The summed E-state index contributed by atoms with van der Waals surface area (Å²) < 4.78 is 33.4. The Kier molecular flexibility index (Phi) is 7.15. The molecule has 1 atom stereocenters. The molecule has 1 saturated heterocycles. The fourth-order valence-electron chi connectivity index (χ4n) is 3.55. The molecule has 0 unspecified atom stereocenters. The number of benzene rings is 2. The van der Waals surface area contributed by atoms with E-state index in [-0.39, 0.29) is 36.0 Å². The van der Waals surface area contributed by atoms with Crippen LogP contribution in [0.4, 0.5) is 8.78 Å². The summed E-state index contributed by atoms with van der Waals surface area (Å²) in [6.07, 6.45) is -0.411. The van der Waals surface area contributed by atoms with Gasteiger partial charge in [0, 0.05) is 31.7 Å². The zero-order valence-corrected chi connectivity index (χ0v) is 17.2. The highest BCUT2D eigenvalue weighted by atomic mass is 19.1. The highest BCUT2D eigenvalue weighted by Crippen LogP contribution is 2.16. The molecule has 0 radical (unpaired) electrons. The number of halogens is 2. The summed E-state index contributed by atoms with van der Waals surface area (Å²) in [5.74, 6) is -1.54. The minimum Gasteiger partial charge on any atom is -0.373 e. The van der Waals surface area contributed by atoms with Gasteiger partial charge in [-0.3, -0.25) is 9.59 Å². The van der Waals surface area contributed by atoms with Gasteiger partial charge in [0.05, 0.1) is 18.3 Å². The van der Waals surface area contributed by atoms with Crippen molar-refractivity contribution in [2.45, 2.75) is 20.0 Å². The Morgan fingerprint density at radius 3 is 2.63 bits per heavy atom. The Hall–Kier alpha value is -2.80. The van der Waals surface area contributed by atoms with Crippen molar-refractivity contribution in [3.8, 4) is 0 Å². The molecule has 30 heavy (non-hydrogen) atoms. The van der Waals surface area contributed by atoms with Crippen molar-refractivity contribution in [1.82, 2.24) is 9.80 Å². The molecule has 1 aliphatic rings. The van der Waals surface area contributed by atoms with Gasteiger partial charge in [0.2, 0.25) is 0 Å². The van der Waals surface area contributed by atoms with E-state index in [9.17, 15) is 18.4 Å². The lowest BCUT2D eigenvalue weighted by Gasteiger charge is -2.36. The summed E-state index contributed by atoms with van der Waals surface area (Å²) in [4.78, 5) is 28.9. The van der Waals surface area contributed by atoms with Crippen LogP contribution in [0.3, 0.4) is 0 Å². The van der Waals surface area contributed by atoms with E-state index in [2.05, 4.69) is 0 Å². The van der Waals surface area contributed by atoms with Gasteiger partial charge in [0.25, 0.3) is 11.8 Å². The maximum atomic E-state index is 14.1. The van der Waals surface area contributed by atoms with Crippen LogP contribution in [0.25, 0.3) is 0 Å². The predicted octanol–water partition coefficient (Wildman–Crippen LogP) is 3.60. The molecule has 7 heteroatoms. The van der Waals surface area contributed by atoms with Gasteiger partial charge in [0.15, 0.2) is 0 Å². The summed E-state index contributed by atoms with van der Waals surface area (Å²) in [6, 6.07) is 11.5. The first kappa shape index (κ1) is 21.9. The molecule has 0 bridgehead atoms. The predicted molar refractivity (Wildman–Crippen MR) is 109 cm³/mol. The first-order valence-corrected chi connectivity index (χ1v) is 10.1. The fourth-order valence-corrected chi connectivity index (χ4v) is 3.55. The Balaban J connectivity index is 1.72. The van der Waals surface area contributed by atoms with Gasteiger partial charge < -0.3 is 14.5 Å². The average Bonchev–Trinajstić information content (AvgIpc) is 2.72. The molecule has 0 spiro atoms. The summed E-state index contributed by atoms with van der Waals surface area (Å²) in [6.45, 7) is 5.59. The van der Waals surface area contributed by atoms with E-state index in [0.29, 0.717) is 19.7 Å². The van der Waals surface area contributed by atoms with Crippen LogP contribution in [0.5, 0.6) is 0 Å². The third-order valence-electron chi connectivity index (χ3n) is 4.90. The van der Waals surface area contributed by atoms with Gasteiger partial charge in [-0.1, -0.05) is 32.0 Å². The number of nitrogens with zero attached hydrogens (tertiary/aromatic N) is 2. The van der Waals surface area contributed by atoms with E-state index >= 15 is 0 Å². The van der Waals surface area contributed by atoms with Crippen LogP contribution < -0.4 is 0 Å². The van der Waals surface area contributed by atoms with Gasteiger partial charge in [-0.05, 0) is 36.2 Å². The zero-order chi connectivity index (χ0) is 21.7. The number of hydrogen-bond donors (Lipinski definition) is 0. The van der Waals surface area contributed by atoms with Crippen LogP contribution in [-0.4, -0.2) is 60.5 Å². The van der Waals surface area contributed by atoms with Gasteiger partial charge in [-0.2, -0.15) is 0 Å². The van der Waals surface area contributed by atoms with Crippen molar-refractivity contribution < 1.29 is 23.1 Å². The highest BCUT2D eigenvalue weighted by molar-refractivity contribution is 5.95. The Morgan fingerprint density at radius 1 is 1.17 bits per heavy atom. The molecular formula is C23H26F2N2O3. The lowest BCUT2D eigenvalue weighted by Crippen LogP contribution is -2.51. The second-order valence-electron chi connectivity index (χ2n) is 7.84. The summed E-state index contributed by atoms with van der Waals surface area (Å²) in [5.41, 5.74) is 0.291. The Bertz CT molecular complexity index is 904. The maximum absolute atomic E-state index is 14.1. The van der Waals surface area contributed by atoms with E-state index < -0.39 is 23.6 Å². The van der Waals surface area contributed by atoms with Gasteiger partial charge >= 0.3 is 0 Å². The number of amides is 2. The third kappa shape index (κ3) is 5.42. The number of carbonyl (C=O) groups is 2. The first-order valence-electron chi connectivity index (χ1n) is 10.1. The van der Waals surface area contributed by atoms with Crippen molar-refractivity contribution in [2.75, 3.05) is 32.8 Å². The first-order chi connectivity index (χ1) is 14.3. The second-order valence-corrected chi connectivity index (χ2v) is 7.84. The quantitative estimate of drug-likeness (QED) is 0.723. The molecule has 0 aliphatic carbocycles. The van der Waals surface area contributed by atoms with Crippen molar-refractivity contribution >= 4 is 11.8 Å². The lowest BCUT2D eigenvalue weighted by molar-refractivity contribution is -0.0340.